The molecule has 12 nitrogen and oxygen atoms in total. The Balaban J connectivity index is 2.83. The first-order valence-electron chi connectivity index (χ1n) is 11.6. The van der Waals surface area contributed by atoms with Crippen molar-refractivity contribution in [2.75, 3.05) is 67.9 Å². The van der Waals surface area contributed by atoms with E-state index in [0.29, 0.717) is 17.9 Å². The standard InChI is InChI=1S/C24H36N3O9P/c1-17-21(23(28)34-11-10-25(3)4)24(35-14-12-32-5,19-8-7-9-20(16-19)27(29)30)22(37-31)18(2)26(17)36-15-13-33-6/h7-9,16H,10-15,37H2,1-6H3. The van der Waals surface area contributed by atoms with Gasteiger partial charge in [0.15, 0.2) is 5.60 Å². The molecule has 2 unspecified atom stereocenters. The third-order valence-corrected chi connectivity index (χ3v) is 6.82. The third kappa shape index (κ3) is 7.04. The Morgan fingerprint density at radius 3 is 2.35 bits per heavy atom. The molecule has 0 spiro atoms. The predicted octanol–water partition coefficient (Wildman–Crippen LogP) is 2.71. The maximum atomic E-state index is 13.7. The van der Waals surface area contributed by atoms with Crippen LogP contribution in [0.3, 0.4) is 0 Å². The summed E-state index contributed by atoms with van der Waals surface area (Å²) >= 11 is 0. The fourth-order valence-electron chi connectivity index (χ4n) is 4.01. The molecule has 0 saturated heterocycles. The van der Waals surface area contributed by atoms with E-state index in [1.807, 2.05) is 19.0 Å². The maximum absolute atomic E-state index is 13.7. The number of nitrogens with zero attached hydrogens (tertiary/aromatic N) is 3. The van der Waals surface area contributed by atoms with Gasteiger partial charge in [0.25, 0.3) is 5.69 Å². The zero-order valence-corrected chi connectivity index (χ0v) is 23.3. The van der Waals surface area contributed by atoms with Crippen molar-refractivity contribution in [1.82, 2.24) is 9.96 Å². The second-order valence-corrected chi connectivity index (χ2v) is 9.28. The number of hydroxylamine groups is 2. The Bertz CT molecular complexity index is 1040. The summed E-state index contributed by atoms with van der Waals surface area (Å²) in [5.74, 6) is -0.721. The van der Waals surface area contributed by atoms with E-state index in [-0.39, 0.29) is 55.2 Å². The number of allylic oxidation sites excluding steroid dienone is 2. The molecule has 0 amide bonds. The smallest absolute Gasteiger partial charge is 0.339 e. The second kappa shape index (κ2) is 14.4. The van der Waals surface area contributed by atoms with E-state index in [0.717, 1.165) is 0 Å². The lowest BCUT2D eigenvalue weighted by Gasteiger charge is -2.44. The third-order valence-electron chi connectivity index (χ3n) is 5.76. The van der Waals surface area contributed by atoms with Gasteiger partial charge in [0, 0.05) is 43.8 Å². The topological polar surface area (TPSA) is 130 Å². The van der Waals surface area contributed by atoms with Crippen LogP contribution in [-0.4, -0.2) is 88.7 Å². The Kier molecular flexibility index (Phi) is 11.9. The molecule has 0 saturated carbocycles. The molecule has 1 aliphatic rings. The highest BCUT2D eigenvalue weighted by Crippen LogP contribution is 2.52. The highest BCUT2D eigenvalue weighted by molar-refractivity contribution is 7.29. The average molecular weight is 542 g/mol. The molecule has 0 fully saturated rings. The molecule has 206 valence electrons. The van der Waals surface area contributed by atoms with Crippen molar-refractivity contribution in [1.29, 1.82) is 0 Å². The molecule has 37 heavy (non-hydrogen) atoms. The lowest BCUT2D eigenvalue weighted by Crippen LogP contribution is -2.45. The molecule has 2 atom stereocenters. The van der Waals surface area contributed by atoms with E-state index in [4.69, 9.17) is 23.8 Å². The summed E-state index contributed by atoms with van der Waals surface area (Å²) in [5.41, 5.74) is -0.875. The molecule has 0 aromatic heterocycles. The number of hydrogen-bond donors (Lipinski definition) is 0. The van der Waals surface area contributed by atoms with Gasteiger partial charge in [0.2, 0.25) is 0 Å². The monoisotopic (exact) mass is 541 g/mol. The highest BCUT2D eigenvalue weighted by atomic mass is 31.1. The van der Waals surface area contributed by atoms with Gasteiger partial charge in [-0.2, -0.15) is 0 Å². The zero-order chi connectivity index (χ0) is 27.6. The largest absolute Gasteiger partial charge is 0.461 e. The summed E-state index contributed by atoms with van der Waals surface area (Å²) < 4.78 is 35.1. The summed E-state index contributed by atoms with van der Waals surface area (Å²) in [6.45, 7) is 4.49. The van der Waals surface area contributed by atoms with Crippen molar-refractivity contribution in [3.63, 3.8) is 0 Å². The predicted molar refractivity (Wildman–Crippen MR) is 138 cm³/mol. The first kappa shape index (κ1) is 30.6. The number of carbonyl (C=O) groups excluding carboxylic acids is 1. The lowest BCUT2D eigenvalue weighted by molar-refractivity contribution is -0.385. The first-order valence-corrected chi connectivity index (χ1v) is 12.7. The van der Waals surface area contributed by atoms with Crippen molar-refractivity contribution < 1.29 is 38.1 Å². The molecule has 0 aliphatic carbocycles. The molecule has 0 bridgehead atoms. The van der Waals surface area contributed by atoms with Gasteiger partial charge in [-0.25, -0.2) is 9.86 Å². The molecule has 13 heteroatoms. The molecule has 1 aromatic rings. The zero-order valence-electron chi connectivity index (χ0n) is 22.1. The van der Waals surface area contributed by atoms with Gasteiger partial charge in [-0.15, -0.1) is 0 Å². The lowest BCUT2D eigenvalue weighted by atomic mass is 9.81. The first-order chi connectivity index (χ1) is 17.6. The SMILES string of the molecule is COCCON1C(C)=C([PH2]=O)C(OCCOC)(c2cccc([N+](=O)[O-])c2)C(C(=O)OCCN(C)C)=C1C. The van der Waals surface area contributed by atoms with Crippen molar-refractivity contribution in [3.05, 3.63) is 62.2 Å². The number of rotatable bonds is 15. The van der Waals surface area contributed by atoms with Gasteiger partial charge in [0.05, 0.1) is 56.8 Å². The molecule has 1 heterocycles. The van der Waals surface area contributed by atoms with Crippen LogP contribution >= 0.6 is 8.46 Å². The van der Waals surface area contributed by atoms with E-state index in [9.17, 15) is 19.5 Å². The van der Waals surface area contributed by atoms with Crippen LogP contribution in [0.15, 0.2) is 46.5 Å². The van der Waals surface area contributed by atoms with Crippen LogP contribution in [0.25, 0.3) is 0 Å². The van der Waals surface area contributed by atoms with Gasteiger partial charge in [-0.05, 0) is 27.9 Å². The summed E-state index contributed by atoms with van der Waals surface area (Å²) in [5, 5.41) is 13.3. The highest BCUT2D eigenvalue weighted by Gasteiger charge is 2.52. The summed E-state index contributed by atoms with van der Waals surface area (Å²) in [6.07, 6.45) is 0. The van der Waals surface area contributed by atoms with E-state index in [2.05, 4.69) is 0 Å². The van der Waals surface area contributed by atoms with Crippen molar-refractivity contribution in [2.24, 2.45) is 0 Å². The minimum atomic E-state index is -1.73. The fourth-order valence-corrected chi connectivity index (χ4v) is 4.86. The number of hydrogen-bond acceptors (Lipinski definition) is 11. The Hall–Kier alpha value is -2.60. The van der Waals surface area contributed by atoms with Crippen LogP contribution in [0, 0.1) is 10.1 Å². The van der Waals surface area contributed by atoms with E-state index < -0.39 is 25.0 Å². The molecule has 2 rings (SSSR count). The van der Waals surface area contributed by atoms with Crippen LogP contribution in [0.1, 0.15) is 19.4 Å². The number of methoxy groups -OCH3 is 2. The molecule has 0 radical (unpaired) electrons. The molecule has 1 aromatic carbocycles. The van der Waals surface area contributed by atoms with Crippen LogP contribution in [0.2, 0.25) is 0 Å². The van der Waals surface area contributed by atoms with E-state index in [1.165, 1.54) is 37.5 Å². The number of ether oxygens (including phenoxy) is 4. The average Bonchev–Trinajstić information content (AvgIpc) is 2.86. The number of benzene rings is 1. The number of nitro benzene ring substituents is 1. The normalized spacial score (nSPS) is 18.4. The Morgan fingerprint density at radius 1 is 1.08 bits per heavy atom. The van der Waals surface area contributed by atoms with Crippen LogP contribution < -0.4 is 0 Å². The summed E-state index contributed by atoms with van der Waals surface area (Å²) in [7, 11) is 5.03. The molecular weight excluding hydrogens is 505 g/mol. The number of esters is 1. The van der Waals surface area contributed by atoms with E-state index in [1.54, 1.807) is 19.9 Å². The molecule has 0 N–H and O–H groups in total. The van der Waals surface area contributed by atoms with Crippen molar-refractivity contribution in [3.8, 4) is 0 Å². The number of non-ortho nitro benzene ring substituents is 1. The van der Waals surface area contributed by atoms with Crippen LogP contribution in [-0.2, 0) is 38.7 Å². The number of nitro groups is 1. The number of likely N-dealkylation sites (N-methyl/N-ethyl adjacent to an activating group) is 1. The Morgan fingerprint density at radius 2 is 1.76 bits per heavy atom. The van der Waals surface area contributed by atoms with Gasteiger partial charge in [0.1, 0.15) is 6.61 Å². The second-order valence-electron chi connectivity index (χ2n) is 8.47. The van der Waals surface area contributed by atoms with E-state index >= 15 is 0 Å². The Labute approximate surface area is 218 Å². The van der Waals surface area contributed by atoms with Crippen LogP contribution in [0.4, 0.5) is 5.69 Å². The van der Waals surface area contributed by atoms with Gasteiger partial charge in [-0.1, -0.05) is 12.1 Å². The van der Waals surface area contributed by atoms with Gasteiger partial charge >= 0.3 is 5.97 Å². The molecule has 1 aliphatic heterocycles. The minimum Gasteiger partial charge on any atom is -0.461 e. The number of carbonyl (C=O) groups is 1. The molecular formula is C24H36N3O9P. The minimum absolute atomic E-state index is 0.00169. The summed E-state index contributed by atoms with van der Waals surface area (Å²) in [6, 6.07) is 5.75. The quantitative estimate of drug-likeness (QED) is 0.107. The fraction of sp³-hybridized carbons (Fsp3) is 0.542. The maximum Gasteiger partial charge on any atom is 0.339 e. The van der Waals surface area contributed by atoms with Gasteiger partial charge < -0.3 is 28.4 Å². The summed E-state index contributed by atoms with van der Waals surface area (Å²) in [4.78, 5) is 32.5. The van der Waals surface area contributed by atoms with Crippen molar-refractivity contribution in [2.45, 2.75) is 19.4 Å². The van der Waals surface area contributed by atoms with Gasteiger partial charge in [-0.3, -0.25) is 15.0 Å². The van der Waals surface area contributed by atoms with Crippen LogP contribution in [0.5, 0.6) is 0 Å². The van der Waals surface area contributed by atoms with Crippen molar-refractivity contribution >= 4 is 20.1 Å².